The molecule has 158 valence electrons. The molecule has 0 radical (unpaired) electrons. The first kappa shape index (κ1) is 20.9. The number of nitrogens with zero attached hydrogens (tertiary/aromatic N) is 4. The largest absolute Gasteiger partial charge is 0.453 e. The van der Waals surface area contributed by atoms with E-state index in [-0.39, 0.29) is 17.3 Å². The number of anilines is 1. The number of rotatable bonds is 6. The number of carbonyl (C=O) groups is 1. The van der Waals surface area contributed by atoms with E-state index in [1.165, 1.54) is 23.9 Å². The lowest BCUT2D eigenvalue weighted by molar-refractivity contribution is -0.384. The van der Waals surface area contributed by atoms with Crippen LogP contribution in [-0.4, -0.2) is 31.3 Å². The van der Waals surface area contributed by atoms with E-state index in [1.54, 1.807) is 42.8 Å². The quantitative estimate of drug-likeness (QED) is 0.250. The Bertz CT molecular complexity index is 1320. The van der Waals surface area contributed by atoms with Gasteiger partial charge >= 0.3 is 0 Å². The van der Waals surface area contributed by atoms with Crippen molar-refractivity contribution < 1.29 is 14.1 Å². The molecule has 0 aliphatic carbocycles. The number of aromatic nitrogens is 3. The van der Waals surface area contributed by atoms with Crippen LogP contribution in [0, 0.1) is 17.0 Å². The number of fused-ring (bicyclic) bond motifs is 1. The Balaban J connectivity index is 1.46. The van der Waals surface area contributed by atoms with Gasteiger partial charge in [0.05, 0.1) is 16.4 Å². The maximum absolute atomic E-state index is 12.4. The molecule has 9 nitrogen and oxygen atoms in total. The minimum Gasteiger partial charge on any atom is -0.453 e. The number of hydrogen-bond donors (Lipinski definition) is 1. The van der Waals surface area contributed by atoms with Crippen molar-refractivity contribution in [2.45, 2.75) is 12.1 Å². The minimum absolute atomic E-state index is 0.0594. The van der Waals surface area contributed by atoms with Crippen LogP contribution < -0.4 is 5.32 Å². The van der Waals surface area contributed by atoms with Crippen LogP contribution in [0.2, 0.25) is 5.02 Å². The highest BCUT2D eigenvalue weighted by Gasteiger charge is 2.17. The number of furan rings is 1. The Morgan fingerprint density at radius 2 is 2.06 bits per heavy atom. The number of benzene rings is 2. The average molecular weight is 458 g/mol. The van der Waals surface area contributed by atoms with E-state index in [0.29, 0.717) is 33.0 Å². The fourth-order valence-corrected chi connectivity index (χ4v) is 3.85. The van der Waals surface area contributed by atoms with Gasteiger partial charge in [-0.15, -0.1) is 10.2 Å². The average Bonchev–Trinajstić information content (AvgIpc) is 3.30. The number of nitrogens with one attached hydrogen (secondary N) is 1. The highest BCUT2D eigenvalue weighted by molar-refractivity contribution is 7.99. The van der Waals surface area contributed by atoms with Crippen molar-refractivity contribution in [1.82, 2.24) is 14.8 Å². The van der Waals surface area contributed by atoms with Crippen LogP contribution in [0.3, 0.4) is 0 Å². The summed E-state index contributed by atoms with van der Waals surface area (Å²) in [5, 5.41) is 23.9. The zero-order chi connectivity index (χ0) is 22.1. The van der Waals surface area contributed by atoms with Crippen LogP contribution in [0.4, 0.5) is 11.4 Å². The molecule has 0 fully saturated rings. The number of non-ortho nitro benzene ring substituents is 1. The smallest absolute Gasteiger partial charge is 0.271 e. The number of nitro groups is 1. The molecule has 0 spiro atoms. The minimum atomic E-state index is -0.503. The van der Waals surface area contributed by atoms with E-state index in [9.17, 15) is 14.9 Å². The number of aryl methyl sites for hydroxylation is 1. The van der Waals surface area contributed by atoms with Gasteiger partial charge in [0.15, 0.2) is 16.7 Å². The fraction of sp³-hybridized carbons (Fsp3) is 0.150. The first-order chi connectivity index (χ1) is 14.8. The van der Waals surface area contributed by atoms with Gasteiger partial charge in [0.25, 0.3) is 5.69 Å². The summed E-state index contributed by atoms with van der Waals surface area (Å²) in [4.78, 5) is 22.8. The molecule has 2 aromatic heterocycles. The second kappa shape index (κ2) is 8.40. The van der Waals surface area contributed by atoms with Gasteiger partial charge in [-0.25, -0.2) is 0 Å². The lowest BCUT2D eigenvalue weighted by Crippen LogP contribution is -2.15. The zero-order valence-electron chi connectivity index (χ0n) is 16.5. The summed E-state index contributed by atoms with van der Waals surface area (Å²) < 4.78 is 7.56. The van der Waals surface area contributed by atoms with Crippen LogP contribution in [0.1, 0.15) is 5.56 Å². The van der Waals surface area contributed by atoms with Crippen molar-refractivity contribution >= 4 is 51.6 Å². The van der Waals surface area contributed by atoms with Gasteiger partial charge in [-0.05, 0) is 36.8 Å². The molecule has 0 aliphatic heterocycles. The molecule has 0 saturated heterocycles. The van der Waals surface area contributed by atoms with Gasteiger partial charge in [-0.2, -0.15) is 0 Å². The third-order valence-corrected chi connectivity index (χ3v) is 5.83. The normalized spacial score (nSPS) is 11.1. The monoisotopic (exact) mass is 457 g/mol. The van der Waals surface area contributed by atoms with Crippen LogP contribution >= 0.6 is 23.4 Å². The number of thioether (sulfide) groups is 1. The first-order valence-corrected chi connectivity index (χ1v) is 10.4. The van der Waals surface area contributed by atoms with Gasteiger partial charge in [0.2, 0.25) is 5.91 Å². The Morgan fingerprint density at radius 3 is 2.84 bits per heavy atom. The van der Waals surface area contributed by atoms with Crippen LogP contribution in [-0.2, 0) is 11.8 Å². The van der Waals surface area contributed by atoms with E-state index in [4.69, 9.17) is 16.0 Å². The fourth-order valence-electron chi connectivity index (χ4n) is 2.95. The summed E-state index contributed by atoms with van der Waals surface area (Å²) in [6.07, 6.45) is 0. The summed E-state index contributed by atoms with van der Waals surface area (Å²) in [6.45, 7) is 1.77. The second-order valence-electron chi connectivity index (χ2n) is 6.75. The highest BCUT2D eigenvalue weighted by atomic mass is 35.5. The van der Waals surface area contributed by atoms with Crippen LogP contribution in [0.15, 0.2) is 52.0 Å². The first-order valence-electron chi connectivity index (χ1n) is 9.08. The van der Waals surface area contributed by atoms with E-state index in [2.05, 4.69) is 15.5 Å². The molecule has 2 heterocycles. The van der Waals surface area contributed by atoms with Crippen LogP contribution in [0.25, 0.3) is 22.6 Å². The van der Waals surface area contributed by atoms with Crippen molar-refractivity contribution in [3.05, 3.63) is 63.2 Å². The summed E-state index contributed by atoms with van der Waals surface area (Å²) in [5.41, 5.74) is 1.73. The van der Waals surface area contributed by atoms with Crippen LogP contribution in [0.5, 0.6) is 0 Å². The number of carbonyl (C=O) groups excluding carboxylic acids is 1. The zero-order valence-corrected chi connectivity index (χ0v) is 18.0. The Morgan fingerprint density at radius 1 is 1.26 bits per heavy atom. The summed E-state index contributed by atoms with van der Waals surface area (Å²) in [5.74, 6) is 0.807. The van der Waals surface area contributed by atoms with Crippen molar-refractivity contribution in [3.8, 4) is 11.6 Å². The molecule has 1 amide bonds. The van der Waals surface area contributed by atoms with Gasteiger partial charge in [-0.1, -0.05) is 29.4 Å². The predicted octanol–water partition coefficient (Wildman–Crippen LogP) is 4.83. The molecule has 11 heteroatoms. The van der Waals surface area contributed by atoms with Gasteiger partial charge in [0.1, 0.15) is 5.58 Å². The third-order valence-electron chi connectivity index (χ3n) is 4.57. The van der Waals surface area contributed by atoms with Gasteiger partial charge in [0, 0.05) is 29.6 Å². The van der Waals surface area contributed by atoms with Crippen molar-refractivity contribution in [1.29, 1.82) is 0 Å². The van der Waals surface area contributed by atoms with E-state index < -0.39 is 4.92 Å². The Hall–Kier alpha value is -3.37. The Kier molecular flexibility index (Phi) is 5.66. The van der Waals surface area contributed by atoms with Crippen molar-refractivity contribution in [2.75, 3.05) is 11.1 Å². The number of halogens is 1. The summed E-state index contributed by atoms with van der Waals surface area (Å²) >= 11 is 7.22. The molecule has 0 aliphatic rings. The van der Waals surface area contributed by atoms with E-state index >= 15 is 0 Å². The maximum atomic E-state index is 12.4. The van der Waals surface area contributed by atoms with Crippen molar-refractivity contribution in [2.24, 2.45) is 7.05 Å². The molecule has 0 atom stereocenters. The second-order valence-corrected chi connectivity index (χ2v) is 8.13. The highest BCUT2D eigenvalue weighted by Crippen LogP contribution is 2.30. The third kappa shape index (κ3) is 4.39. The lowest BCUT2D eigenvalue weighted by Gasteiger charge is -2.08. The maximum Gasteiger partial charge on any atom is 0.271 e. The Labute approximate surface area is 185 Å². The summed E-state index contributed by atoms with van der Waals surface area (Å²) in [7, 11) is 1.78. The number of amides is 1. The molecule has 4 rings (SSSR count). The summed E-state index contributed by atoms with van der Waals surface area (Å²) in [6, 6.07) is 11.5. The van der Waals surface area contributed by atoms with Gasteiger partial charge < -0.3 is 14.3 Å². The molecule has 2 aromatic carbocycles. The lowest BCUT2D eigenvalue weighted by atomic mass is 10.2. The van der Waals surface area contributed by atoms with E-state index in [1.807, 2.05) is 6.07 Å². The molecule has 31 heavy (non-hydrogen) atoms. The SMILES string of the molecule is Cc1ccc([N+](=O)[O-])cc1NC(=O)CSc1nnc(-c2cc3cc(Cl)ccc3o2)n1C. The topological polar surface area (TPSA) is 116 Å². The molecule has 0 unspecified atom stereocenters. The predicted molar refractivity (Wildman–Crippen MR) is 118 cm³/mol. The number of hydrogen-bond acceptors (Lipinski definition) is 7. The molecule has 0 saturated carbocycles. The molecule has 4 aromatic rings. The van der Waals surface area contributed by atoms with Crippen molar-refractivity contribution in [3.63, 3.8) is 0 Å². The standard InChI is InChI=1S/C20H16ClN5O4S/c1-11-3-5-14(26(28)29)9-15(11)22-18(27)10-31-20-24-23-19(25(20)2)17-8-12-7-13(21)4-6-16(12)30-17/h3-9H,10H2,1-2H3,(H,22,27). The number of nitro benzene ring substituents is 1. The van der Waals surface area contributed by atoms with Gasteiger partial charge in [-0.3, -0.25) is 14.9 Å². The molecular weight excluding hydrogens is 442 g/mol. The molecule has 1 N–H and O–H groups in total. The molecule has 0 bridgehead atoms. The molecular formula is C20H16ClN5O4S. The van der Waals surface area contributed by atoms with E-state index in [0.717, 1.165) is 10.9 Å².